The molecule has 0 aliphatic carbocycles. The van der Waals surface area contributed by atoms with Crippen LogP contribution < -0.4 is 5.32 Å². The van der Waals surface area contributed by atoms with Crippen LogP contribution in [-0.2, 0) is 13.1 Å². The number of nitrogens with one attached hydrogen (secondary N) is 1. The van der Waals surface area contributed by atoms with Gasteiger partial charge in [-0.1, -0.05) is 24.9 Å². The minimum absolute atomic E-state index is 0.140. The normalized spacial score (nSPS) is 11.0. The summed E-state index contributed by atoms with van der Waals surface area (Å²) in [6.07, 6.45) is 2.22. The van der Waals surface area contributed by atoms with E-state index in [9.17, 15) is 0 Å². The van der Waals surface area contributed by atoms with Crippen molar-refractivity contribution in [3.05, 3.63) is 16.4 Å². The first-order valence-electron chi connectivity index (χ1n) is 5.74. The summed E-state index contributed by atoms with van der Waals surface area (Å²) in [6, 6.07) is 0. The highest BCUT2D eigenvalue weighted by atomic mass is 35.5. The van der Waals surface area contributed by atoms with Crippen molar-refractivity contribution in [1.82, 2.24) is 15.1 Å². The van der Waals surface area contributed by atoms with Crippen molar-refractivity contribution in [1.29, 1.82) is 0 Å². The molecule has 92 valence electrons. The van der Waals surface area contributed by atoms with Crippen molar-refractivity contribution < 1.29 is 5.11 Å². The summed E-state index contributed by atoms with van der Waals surface area (Å²) >= 11 is 6.24. The standard InChI is InChI=1S/C11H20ClN3O/c1-3-4-6-15-11(12)10(9(2)14-15)8-13-5-7-16/h13,16H,3-8H2,1-2H3. The minimum Gasteiger partial charge on any atom is -0.395 e. The molecule has 5 heteroatoms. The van der Waals surface area contributed by atoms with E-state index in [1.165, 1.54) is 0 Å². The van der Waals surface area contributed by atoms with Gasteiger partial charge in [0.05, 0.1) is 12.3 Å². The predicted octanol–water partition coefficient (Wildman–Crippen LogP) is 1.73. The fourth-order valence-corrected chi connectivity index (χ4v) is 1.87. The number of aryl methyl sites for hydroxylation is 2. The van der Waals surface area contributed by atoms with E-state index < -0.39 is 0 Å². The molecule has 2 N–H and O–H groups in total. The lowest BCUT2D eigenvalue weighted by Gasteiger charge is -2.03. The molecule has 1 rings (SSSR count). The van der Waals surface area contributed by atoms with Crippen LogP contribution in [0.5, 0.6) is 0 Å². The van der Waals surface area contributed by atoms with Crippen molar-refractivity contribution in [2.45, 2.75) is 39.8 Å². The molecule has 0 saturated heterocycles. The average molecular weight is 246 g/mol. The first-order chi connectivity index (χ1) is 7.70. The number of hydrogen-bond acceptors (Lipinski definition) is 3. The quantitative estimate of drug-likeness (QED) is 0.720. The Kier molecular flexibility index (Phi) is 5.80. The van der Waals surface area contributed by atoms with Crippen molar-refractivity contribution in [2.24, 2.45) is 0 Å². The van der Waals surface area contributed by atoms with E-state index in [-0.39, 0.29) is 6.61 Å². The second-order valence-electron chi connectivity index (χ2n) is 3.83. The highest BCUT2D eigenvalue weighted by Crippen LogP contribution is 2.19. The lowest BCUT2D eigenvalue weighted by Crippen LogP contribution is -2.17. The Labute approximate surface area is 102 Å². The third-order valence-electron chi connectivity index (χ3n) is 2.50. The number of aliphatic hydroxyl groups is 1. The summed E-state index contributed by atoms with van der Waals surface area (Å²) in [4.78, 5) is 0. The van der Waals surface area contributed by atoms with Gasteiger partial charge in [-0.15, -0.1) is 0 Å². The monoisotopic (exact) mass is 245 g/mol. The summed E-state index contributed by atoms with van der Waals surface area (Å²) in [7, 11) is 0. The molecule has 16 heavy (non-hydrogen) atoms. The van der Waals surface area contributed by atoms with Crippen molar-refractivity contribution in [3.63, 3.8) is 0 Å². The Hall–Kier alpha value is -0.580. The van der Waals surface area contributed by atoms with Gasteiger partial charge in [-0.2, -0.15) is 5.10 Å². The largest absolute Gasteiger partial charge is 0.395 e. The highest BCUT2D eigenvalue weighted by molar-refractivity contribution is 6.30. The molecule has 1 aromatic rings. The molecule has 4 nitrogen and oxygen atoms in total. The fourth-order valence-electron chi connectivity index (χ4n) is 1.54. The molecule has 0 radical (unpaired) electrons. The molecule has 0 fully saturated rings. The zero-order valence-electron chi connectivity index (χ0n) is 9.96. The van der Waals surface area contributed by atoms with E-state index in [2.05, 4.69) is 17.3 Å². The van der Waals surface area contributed by atoms with Gasteiger partial charge in [0.15, 0.2) is 0 Å². The lowest BCUT2D eigenvalue weighted by molar-refractivity contribution is 0.292. The lowest BCUT2D eigenvalue weighted by atomic mass is 10.2. The molecule has 0 aliphatic heterocycles. The van der Waals surface area contributed by atoms with Gasteiger partial charge in [-0.05, 0) is 13.3 Å². The number of rotatable bonds is 7. The summed E-state index contributed by atoms with van der Waals surface area (Å²) in [5, 5.41) is 16.9. The molecule has 0 aliphatic rings. The number of halogens is 1. The minimum atomic E-state index is 0.140. The van der Waals surface area contributed by atoms with E-state index in [4.69, 9.17) is 16.7 Å². The topological polar surface area (TPSA) is 50.1 Å². The van der Waals surface area contributed by atoms with Gasteiger partial charge < -0.3 is 10.4 Å². The number of aliphatic hydroxyl groups excluding tert-OH is 1. The van der Waals surface area contributed by atoms with Crippen molar-refractivity contribution >= 4 is 11.6 Å². The number of hydrogen-bond donors (Lipinski definition) is 2. The van der Waals surface area contributed by atoms with Gasteiger partial charge in [-0.25, -0.2) is 0 Å². The van der Waals surface area contributed by atoms with Crippen LogP contribution in [0.25, 0.3) is 0 Å². The Morgan fingerprint density at radius 3 is 2.88 bits per heavy atom. The molecule has 0 saturated carbocycles. The molecule has 1 heterocycles. The molecule has 0 bridgehead atoms. The van der Waals surface area contributed by atoms with Gasteiger partial charge in [0.2, 0.25) is 0 Å². The van der Waals surface area contributed by atoms with E-state index in [1.807, 2.05) is 11.6 Å². The third kappa shape index (κ3) is 3.47. The number of aromatic nitrogens is 2. The smallest absolute Gasteiger partial charge is 0.131 e. The average Bonchev–Trinajstić information content (AvgIpc) is 2.54. The predicted molar refractivity (Wildman–Crippen MR) is 65.7 cm³/mol. The molecular weight excluding hydrogens is 226 g/mol. The molecule has 0 amide bonds. The van der Waals surface area contributed by atoms with E-state index in [1.54, 1.807) is 0 Å². The van der Waals surface area contributed by atoms with E-state index in [0.717, 1.165) is 35.8 Å². The van der Waals surface area contributed by atoms with Gasteiger partial charge in [-0.3, -0.25) is 4.68 Å². The first-order valence-corrected chi connectivity index (χ1v) is 6.11. The van der Waals surface area contributed by atoms with Gasteiger partial charge in [0, 0.05) is 25.2 Å². The number of unbranched alkanes of at least 4 members (excludes halogenated alkanes) is 1. The third-order valence-corrected chi connectivity index (χ3v) is 2.92. The molecule has 0 aromatic carbocycles. The molecule has 0 atom stereocenters. The van der Waals surface area contributed by atoms with Crippen molar-refractivity contribution in [3.8, 4) is 0 Å². The van der Waals surface area contributed by atoms with E-state index >= 15 is 0 Å². The van der Waals surface area contributed by atoms with Crippen LogP contribution in [-0.4, -0.2) is 28.0 Å². The van der Waals surface area contributed by atoms with E-state index in [0.29, 0.717) is 13.1 Å². The second kappa shape index (κ2) is 6.89. The maximum Gasteiger partial charge on any atom is 0.131 e. The molecule has 0 unspecified atom stereocenters. The zero-order chi connectivity index (χ0) is 12.0. The van der Waals surface area contributed by atoms with Gasteiger partial charge >= 0.3 is 0 Å². The Morgan fingerprint density at radius 2 is 2.25 bits per heavy atom. The Morgan fingerprint density at radius 1 is 1.50 bits per heavy atom. The SMILES string of the molecule is CCCCn1nc(C)c(CNCCO)c1Cl. The van der Waals surface area contributed by atoms with Crippen LogP contribution >= 0.6 is 11.6 Å². The van der Waals surface area contributed by atoms with Gasteiger partial charge in [0.25, 0.3) is 0 Å². The van der Waals surface area contributed by atoms with Crippen LogP contribution in [0, 0.1) is 6.92 Å². The molecule has 1 aromatic heterocycles. The highest BCUT2D eigenvalue weighted by Gasteiger charge is 2.12. The van der Waals surface area contributed by atoms with Crippen LogP contribution in [0.2, 0.25) is 5.15 Å². The first kappa shape index (κ1) is 13.5. The van der Waals surface area contributed by atoms with Crippen LogP contribution in [0.4, 0.5) is 0 Å². The van der Waals surface area contributed by atoms with Crippen molar-refractivity contribution in [2.75, 3.05) is 13.2 Å². The summed E-state index contributed by atoms with van der Waals surface area (Å²) in [6.45, 7) is 6.36. The molecular formula is C11H20ClN3O. The summed E-state index contributed by atoms with van der Waals surface area (Å²) in [5.74, 6) is 0. The van der Waals surface area contributed by atoms with Gasteiger partial charge in [0.1, 0.15) is 5.15 Å². The van der Waals surface area contributed by atoms with Crippen LogP contribution in [0.3, 0.4) is 0 Å². The Balaban J connectivity index is 2.65. The van der Waals surface area contributed by atoms with Crippen LogP contribution in [0.15, 0.2) is 0 Å². The molecule has 0 spiro atoms. The van der Waals surface area contributed by atoms with Crippen LogP contribution in [0.1, 0.15) is 31.0 Å². The second-order valence-corrected chi connectivity index (χ2v) is 4.19. The maximum absolute atomic E-state index is 8.69. The Bertz CT molecular complexity index is 325. The maximum atomic E-state index is 8.69. The zero-order valence-corrected chi connectivity index (χ0v) is 10.7. The summed E-state index contributed by atoms with van der Waals surface area (Å²) < 4.78 is 1.86. The summed E-state index contributed by atoms with van der Waals surface area (Å²) in [5.41, 5.74) is 2.00. The number of nitrogens with zero attached hydrogens (tertiary/aromatic N) is 2. The fraction of sp³-hybridized carbons (Fsp3) is 0.727.